The van der Waals surface area contributed by atoms with Crippen LogP contribution in [-0.4, -0.2) is 12.5 Å². The van der Waals surface area contributed by atoms with Crippen LogP contribution in [0.1, 0.15) is 18.9 Å². The molecule has 2 N–H and O–H groups in total. The molecule has 0 spiro atoms. The number of carbonyl (C=O) groups excluding carboxylic acids is 1. The molecule has 1 amide bonds. The summed E-state index contributed by atoms with van der Waals surface area (Å²) < 4.78 is 0. The third kappa shape index (κ3) is 4.43. The Balaban J connectivity index is 1.73. The molecule has 3 heteroatoms. The van der Waals surface area contributed by atoms with Crippen LogP contribution in [0.25, 0.3) is 0 Å². The normalized spacial score (nSPS) is 10.1. The Morgan fingerprint density at radius 1 is 0.950 bits per heavy atom. The molecule has 0 aliphatic rings. The van der Waals surface area contributed by atoms with Crippen LogP contribution in [0.2, 0.25) is 0 Å². The van der Waals surface area contributed by atoms with Crippen LogP contribution in [0, 0.1) is 0 Å². The molecule has 2 aromatic rings. The topological polar surface area (TPSA) is 41.1 Å². The quantitative estimate of drug-likeness (QED) is 0.839. The number of hydrogen-bond donors (Lipinski definition) is 2. The molecule has 0 aliphatic heterocycles. The van der Waals surface area contributed by atoms with Gasteiger partial charge in [-0.2, -0.15) is 0 Å². The van der Waals surface area contributed by atoms with E-state index in [4.69, 9.17) is 0 Å². The number of carbonyl (C=O) groups is 1. The number of hydrogen-bond acceptors (Lipinski definition) is 2. The fourth-order valence-corrected chi connectivity index (χ4v) is 1.92. The summed E-state index contributed by atoms with van der Waals surface area (Å²) in [7, 11) is 0. The first-order chi connectivity index (χ1) is 9.78. The Morgan fingerprint density at radius 2 is 1.65 bits per heavy atom. The molecular formula is C17H20N2O. The average molecular weight is 268 g/mol. The first-order valence-electron chi connectivity index (χ1n) is 6.95. The van der Waals surface area contributed by atoms with Crippen molar-refractivity contribution >= 4 is 17.3 Å². The minimum Gasteiger partial charge on any atom is -0.385 e. The summed E-state index contributed by atoms with van der Waals surface area (Å²) >= 11 is 0. The molecule has 0 saturated carbocycles. The summed E-state index contributed by atoms with van der Waals surface area (Å²) in [6, 6.07) is 17.8. The van der Waals surface area contributed by atoms with Gasteiger partial charge >= 0.3 is 0 Å². The van der Waals surface area contributed by atoms with Crippen LogP contribution in [0.15, 0.2) is 54.6 Å². The molecule has 0 saturated heterocycles. The lowest BCUT2D eigenvalue weighted by molar-refractivity contribution is -0.115. The van der Waals surface area contributed by atoms with Crippen LogP contribution in [0.5, 0.6) is 0 Å². The standard InChI is InChI=1S/C17H20N2O/c1-2-14-8-10-15(11-9-14)18-13-12-17(20)19-16-6-4-3-5-7-16/h3-11,18H,2,12-13H2,1H3,(H,19,20). The highest BCUT2D eigenvalue weighted by atomic mass is 16.1. The summed E-state index contributed by atoms with van der Waals surface area (Å²) in [5, 5.41) is 6.12. The minimum absolute atomic E-state index is 0.0221. The van der Waals surface area contributed by atoms with E-state index in [9.17, 15) is 4.79 Å². The number of rotatable bonds is 6. The number of nitrogens with one attached hydrogen (secondary N) is 2. The summed E-state index contributed by atoms with van der Waals surface area (Å²) in [6.07, 6.45) is 1.49. The largest absolute Gasteiger partial charge is 0.385 e. The second-order valence-corrected chi connectivity index (χ2v) is 4.64. The molecule has 0 heterocycles. The molecule has 2 rings (SSSR count). The van der Waals surface area contributed by atoms with E-state index in [0.29, 0.717) is 13.0 Å². The molecule has 2 aromatic carbocycles. The zero-order chi connectivity index (χ0) is 14.2. The van der Waals surface area contributed by atoms with Crippen molar-refractivity contribution in [3.05, 3.63) is 60.2 Å². The SMILES string of the molecule is CCc1ccc(NCCC(=O)Nc2ccccc2)cc1. The van der Waals surface area contributed by atoms with Crippen molar-refractivity contribution in [3.63, 3.8) is 0 Å². The molecule has 0 fully saturated rings. The van der Waals surface area contributed by atoms with Gasteiger partial charge in [-0.25, -0.2) is 0 Å². The highest BCUT2D eigenvalue weighted by Crippen LogP contribution is 2.10. The van der Waals surface area contributed by atoms with E-state index >= 15 is 0 Å². The van der Waals surface area contributed by atoms with Gasteiger partial charge in [0.2, 0.25) is 5.91 Å². The molecule has 0 aliphatic carbocycles. The highest BCUT2D eigenvalue weighted by molar-refractivity contribution is 5.90. The van der Waals surface area contributed by atoms with E-state index in [-0.39, 0.29) is 5.91 Å². The predicted molar refractivity (Wildman–Crippen MR) is 84.0 cm³/mol. The molecule has 104 valence electrons. The zero-order valence-corrected chi connectivity index (χ0v) is 11.7. The average Bonchev–Trinajstić information content (AvgIpc) is 2.49. The summed E-state index contributed by atoms with van der Waals surface area (Å²) in [5.41, 5.74) is 3.21. The minimum atomic E-state index is 0.0221. The molecule has 20 heavy (non-hydrogen) atoms. The molecule has 0 radical (unpaired) electrons. The fraction of sp³-hybridized carbons (Fsp3) is 0.235. The summed E-state index contributed by atoms with van der Waals surface area (Å²) in [5.74, 6) is 0.0221. The lowest BCUT2D eigenvalue weighted by Crippen LogP contribution is -2.16. The van der Waals surface area contributed by atoms with E-state index in [0.717, 1.165) is 17.8 Å². The van der Waals surface area contributed by atoms with Gasteiger partial charge < -0.3 is 10.6 Å². The predicted octanol–water partition coefficient (Wildman–Crippen LogP) is 3.69. The number of benzene rings is 2. The van der Waals surface area contributed by atoms with Crippen LogP contribution in [0.3, 0.4) is 0 Å². The molecule has 0 bridgehead atoms. The van der Waals surface area contributed by atoms with Crippen LogP contribution < -0.4 is 10.6 Å². The first-order valence-corrected chi connectivity index (χ1v) is 6.95. The maximum atomic E-state index is 11.8. The van der Waals surface area contributed by atoms with Gasteiger partial charge in [-0.15, -0.1) is 0 Å². The van der Waals surface area contributed by atoms with E-state index in [1.54, 1.807) is 0 Å². The highest BCUT2D eigenvalue weighted by Gasteiger charge is 2.01. The zero-order valence-electron chi connectivity index (χ0n) is 11.7. The number of para-hydroxylation sites is 1. The van der Waals surface area contributed by atoms with E-state index in [1.807, 2.05) is 42.5 Å². The Hall–Kier alpha value is -2.29. The number of amides is 1. The second kappa shape index (κ2) is 7.34. The smallest absolute Gasteiger partial charge is 0.226 e. The number of aryl methyl sites for hydroxylation is 1. The maximum absolute atomic E-state index is 11.8. The van der Waals surface area contributed by atoms with Gasteiger partial charge in [-0.05, 0) is 36.2 Å². The summed E-state index contributed by atoms with van der Waals surface area (Å²) in [4.78, 5) is 11.8. The molecule has 0 unspecified atom stereocenters. The van der Waals surface area contributed by atoms with Gasteiger partial charge in [0.05, 0.1) is 0 Å². The van der Waals surface area contributed by atoms with Crippen molar-refractivity contribution in [1.29, 1.82) is 0 Å². The Kier molecular flexibility index (Phi) is 5.18. The second-order valence-electron chi connectivity index (χ2n) is 4.64. The molecule has 0 atom stereocenters. The van der Waals surface area contributed by atoms with E-state index in [2.05, 4.69) is 29.7 Å². The third-order valence-electron chi connectivity index (χ3n) is 3.10. The molecule has 0 aromatic heterocycles. The lowest BCUT2D eigenvalue weighted by Gasteiger charge is -2.08. The summed E-state index contributed by atoms with van der Waals surface area (Å²) in [6.45, 7) is 2.76. The fourth-order valence-electron chi connectivity index (χ4n) is 1.92. The van der Waals surface area contributed by atoms with Gasteiger partial charge in [0.1, 0.15) is 0 Å². The maximum Gasteiger partial charge on any atom is 0.226 e. The van der Waals surface area contributed by atoms with E-state index in [1.165, 1.54) is 5.56 Å². The van der Waals surface area contributed by atoms with E-state index < -0.39 is 0 Å². The van der Waals surface area contributed by atoms with Gasteiger partial charge in [0, 0.05) is 24.3 Å². The monoisotopic (exact) mass is 268 g/mol. The van der Waals surface area contributed by atoms with Crippen molar-refractivity contribution in [2.75, 3.05) is 17.2 Å². The van der Waals surface area contributed by atoms with Crippen molar-refractivity contribution in [2.24, 2.45) is 0 Å². The van der Waals surface area contributed by atoms with Crippen molar-refractivity contribution < 1.29 is 4.79 Å². The van der Waals surface area contributed by atoms with Crippen molar-refractivity contribution in [1.82, 2.24) is 0 Å². The third-order valence-corrected chi connectivity index (χ3v) is 3.10. The van der Waals surface area contributed by atoms with Crippen LogP contribution >= 0.6 is 0 Å². The molecular weight excluding hydrogens is 248 g/mol. The lowest BCUT2D eigenvalue weighted by atomic mass is 10.1. The Bertz CT molecular complexity index is 535. The number of anilines is 2. The van der Waals surface area contributed by atoms with Gasteiger partial charge in [0.25, 0.3) is 0 Å². The van der Waals surface area contributed by atoms with Gasteiger partial charge in [-0.1, -0.05) is 37.3 Å². The Morgan fingerprint density at radius 3 is 2.30 bits per heavy atom. The first kappa shape index (κ1) is 14.1. The van der Waals surface area contributed by atoms with Crippen molar-refractivity contribution in [2.45, 2.75) is 19.8 Å². The van der Waals surface area contributed by atoms with Crippen LogP contribution in [-0.2, 0) is 11.2 Å². The van der Waals surface area contributed by atoms with Crippen molar-refractivity contribution in [3.8, 4) is 0 Å². The van der Waals surface area contributed by atoms with Gasteiger partial charge in [-0.3, -0.25) is 4.79 Å². The Labute approximate surface area is 120 Å². The van der Waals surface area contributed by atoms with Gasteiger partial charge in [0.15, 0.2) is 0 Å². The van der Waals surface area contributed by atoms with Crippen LogP contribution in [0.4, 0.5) is 11.4 Å². The molecule has 3 nitrogen and oxygen atoms in total.